The number of fused-ring (bicyclic) bond motifs is 1. The molecule has 0 N–H and O–H groups in total. The van der Waals surface area contributed by atoms with Crippen LogP contribution in [0.2, 0.25) is 10.0 Å². The summed E-state index contributed by atoms with van der Waals surface area (Å²) in [5.74, 6) is -1.51. The molecule has 1 aromatic heterocycles. The van der Waals surface area contributed by atoms with Gasteiger partial charge in [0.1, 0.15) is 16.9 Å². The van der Waals surface area contributed by atoms with Crippen molar-refractivity contribution in [3.8, 4) is 0 Å². The van der Waals surface area contributed by atoms with E-state index in [2.05, 4.69) is 9.59 Å². The third-order valence-corrected chi connectivity index (χ3v) is 5.20. The lowest BCUT2D eigenvalue weighted by Gasteiger charge is -2.17. The Kier molecular flexibility index (Phi) is 5.51. The zero-order valence-corrected chi connectivity index (χ0v) is 15.5. The maximum Gasteiger partial charge on any atom is 0.342 e. The first-order chi connectivity index (χ1) is 12.0. The predicted molar refractivity (Wildman–Crippen MR) is 97.1 cm³/mol. The molecule has 130 valence electrons. The molecule has 3 rings (SSSR count). The zero-order chi connectivity index (χ0) is 18.0. The van der Waals surface area contributed by atoms with Gasteiger partial charge >= 0.3 is 5.97 Å². The minimum absolute atomic E-state index is 0.0821. The lowest BCUT2D eigenvalue weighted by molar-refractivity contribution is 0.0475. The van der Waals surface area contributed by atoms with E-state index >= 15 is 0 Å². The average Bonchev–Trinajstić information content (AvgIpc) is 3.05. The lowest BCUT2D eigenvalue weighted by atomic mass is 9.97. The van der Waals surface area contributed by atoms with Crippen LogP contribution in [0.3, 0.4) is 0 Å². The highest BCUT2D eigenvalue weighted by Gasteiger charge is 2.22. The summed E-state index contributed by atoms with van der Waals surface area (Å²) in [4.78, 5) is 12.4. The van der Waals surface area contributed by atoms with E-state index in [1.54, 1.807) is 18.2 Å². The predicted octanol–water partition coefficient (Wildman–Crippen LogP) is 5.49. The molecule has 0 spiro atoms. The van der Waals surface area contributed by atoms with Crippen LogP contribution < -0.4 is 0 Å². The van der Waals surface area contributed by atoms with Crippen molar-refractivity contribution in [1.82, 2.24) is 9.59 Å². The summed E-state index contributed by atoms with van der Waals surface area (Å²) in [6.07, 6.45) is 0.698. The van der Waals surface area contributed by atoms with E-state index in [4.69, 9.17) is 27.9 Å². The first kappa shape index (κ1) is 18.0. The summed E-state index contributed by atoms with van der Waals surface area (Å²) in [6, 6.07) is 7.85. The Morgan fingerprint density at radius 3 is 2.84 bits per heavy atom. The molecule has 1 heterocycles. The summed E-state index contributed by atoms with van der Waals surface area (Å²) < 4.78 is 23.6. The van der Waals surface area contributed by atoms with E-state index in [-0.39, 0.29) is 18.1 Å². The maximum atomic E-state index is 14.1. The van der Waals surface area contributed by atoms with E-state index < -0.39 is 11.8 Å². The van der Waals surface area contributed by atoms with Crippen LogP contribution in [-0.4, -0.2) is 22.2 Å². The molecule has 0 radical (unpaired) electrons. The van der Waals surface area contributed by atoms with E-state index in [1.807, 2.05) is 6.92 Å². The van der Waals surface area contributed by atoms with Crippen LogP contribution in [-0.2, 0) is 4.74 Å². The molecule has 4 nitrogen and oxygen atoms in total. The highest BCUT2D eigenvalue weighted by Crippen LogP contribution is 2.30. The van der Waals surface area contributed by atoms with Crippen molar-refractivity contribution in [2.45, 2.75) is 19.3 Å². The van der Waals surface area contributed by atoms with Gasteiger partial charge in [-0.2, -0.15) is 0 Å². The summed E-state index contributed by atoms with van der Waals surface area (Å²) in [5.41, 5.74) is 1.16. The normalized spacial score (nSPS) is 12.3. The van der Waals surface area contributed by atoms with Crippen LogP contribution >= 0.6 is 34.7 Å². The van der Waals surface area contributed by atoms with Crippen molar-refractivity contribution in [2.75, 3.05) is 6.61 Å². The SMILES string of the molecule is CCC(COC(=O)c1c(F)ccc2nnsc12)c1ccc(Cl)cc1Cl. The first-order valence-corrected chi connectivity index (χ1v) is 9.06. The summed E-state index contributed by atoms with van der Waals surface area (Å²) in [5, 5.41) is 4.89. The number of hydrogen-bond acceptors (Lipinski definition) is 5. The van der Waals surface area contributed by atoms with Crippen molar-refractivity contribution >= 4 is 50.9 Å². The highest BCUT2D eigenvalue weighted by atomic mass is 35.5. The molecule has 0 aliphatic rings. The van der Waals surface area contributed by atoms with Crippen LogP contribution in [0, 0.1) is 5.82 Å². The van der Waals surface area contributed by atoms with Crippen LogP contribution in [0.1, 0.15) is 35.2 Å². The van der Waals surface area contributed by atoms with Crippen molar-refractivity contribution in [2.24, 2.45) is 0 Å². The van der Waals surface area contributed by atoms with Crippen molar-refractivity contribution < 1.29 is 13.9 Å². The fourth-order valence-corrected chi connectivity index (χ4v) is 3.77. The van der Waals surface area contributed by atoms with Gasteiger partial charge < -0.3 is 4.74 Å². The largest absolute Gasteiger partial charge is 0.461 e. The van der Waals surface area contributed by atoms with Gasteiger partial charge in [-0.05, 0) is 47.8 Å². The number of carbonyl (C=O) groups is 1. The second-order valence-electron chi connectivity index (χ2n) is 5.41. The van der Waals surface area contributed by atoms with Gasteiger partial charge in [-0.25, -0.2) is 9.18 Å². The second kappa shape index (κ2) is 7.64. The van der Waals surface area contributed by atoms with Gasteiger partial charge in [0.2, 0.25) is 0 Å². The number of carbonyl (C=O) groups excluding carboxylic acids is 1. The minimum atomic E-state index is -0.738. The van der Waals surface area contributed by atoms with Crippen molar-refractivity contribution in [1.29, 1.82) is 0 Å². The van der Waals surface area contributed by atoms with Gasteiger partial charge in [-0.1, -0.05) is 40.7 Å². The molecule has 8 heteroatoms. The number of rotatable bonds is 5. The third-order valence-electron chi connectivity index (χ3n) is 3.88. The van der Waals surface area contributed by atoms with Crippen molar-refractivity contribution in [3.63, 3.8) is 0 Å². The molecule has 0 aliphatic carbocycles. The molecule has 0 saturated heterocycles. The molecule has 3 aromatic rings. The number of ether oxygens (including phenoxy) is 1. The fraction of sp³-hybridized carbons (Fsp3) is 0.235. The van der Waals surface area contributed by atoms with Gasteiger partial charge in [0.05, 0.1) is 11.3 Å². The van der Waals surface area contributed by atoms with Crippen LogP contribution in [0.25, 0.3) is 10.2 Å². The number of benzene rings is 2. The van der Waals surface area contributed by atoms with Gasteiger partial charge in [0, 0.05) is 16.0 Å². The zero-order valence-electron chi connectivity index (χ0n) is 13.1. The fourth-order valence-electron chi connectivity index (χ4n) is 2.52. The Labute approximate surface area is 157 Å². The van der Waals surface area contributed by atoms with Crippen molar-refractivity contribution in [3.05, 3.63) is 57.3 Å². The Hall–Kier alpha value is -1.76. The van der Waals surface area contributed by atoms with E-state index in [0.717, 1.165) is 17.1 Å². The van der Waals surface area contributed by atoms with Gasteiger partial charge in [0.15, 0.2) is 0 Å². The molecule has 2 aromatic carbocycles. The monoisotopic (exact) mass is 398 g/mol. The van der Waals surface area contributed by atoms with E-state index in [9.17, 15) is 9.18 Å². The highest BCUT2D eigenvalue weighted by molar-refractivity contribution is 7.13. The number of aromatic nitrogens is 2. The molecule has 25 heavy (non-hydrogen) atoms. The lowest BCUT2D eigenvalue weighted by Crippen LogP contribution is -2.14. The molecule has 0 saturated carbocycles. The van der Waals surface area contributed by atoms with E-state index in [1.165, 1.54) is 12.1 Å². The standard InChI is InChI=1S/C17H13Cl2FN2O2S/c1-2-9(11-4-3-10(18)7-12(11)19)8-24-17(23)15-13(20)5-6-14-16(15)25-22-21-14/h3-7,9H,2,8H2,1H3. The van der Waals surface area contributed by atoms with Gasteiger partial charge in [0.25, 0.3) is 0 Å². The summed E-state index contributed by atoms with van der Waals surface area (Å²) >= 11 is 13.1. The quantitative estimate of drug-likeness (QED) is 0.533. The number of esters is 1. The van der Waals surface area contributed by atoms with Gasteiger partial charge in [-0.3, -0.25) is 0 Å². The van der Waals surface area contributed by atoms with Gasteiger partial charge in [-0.15, -0.1) is 5.10 Å². The Morgan fingerprint density at radius 2 is 2.12 bits per heavy atom. The van der Waals surface area contributed by atoms with Crippen LogP contribution in [0.15, 0.2) is 30.3 Å². The summed E-state index contributed by atoms with van der Waals surface area (Å²) in [6.45, 7) is 2.04. The molecule has 0 amide bonds. The molecule has 1 unspecified atom stereocenters. The second-order valence-corrected chi connectivity index (χ2v) is 7.01. The molecule has 0 aliphatic heterocycles. The Balaban J connectivity index is 1.80. The molecule has 1 atom stereocenters. The average molecular weight is 399 g/mol. The number of nitrogens with zero attached hydrogens (tertiary/aromatic N) is 2. The maximum absolute atomic E-state index is 14.1. The molecule has 0 fully saturated rings. The minimum Gasteiger partial charge on any atom is -0.461 e. The number of halogens is 3. The molecular weight excluding hydrogens is 386 g/mol. The topological polar surface area (TPSA) is 52.1 Å². The Morgan fingerprint density at radius 1 is 1.32 bits per heavy atom. The third kappa shape index (κ3) is 3.76. The summed E-state index contributed by atoms with van der Waals surface area (Å²) in [7, 11) is 0. The van der Waals surface area contributed by atoms with Crippen LogP contribution in [0.4, 0.5) is 4.39 Å². The van der Waals surface area contributed by atoms with Crippen LogP contribution in [0.5, 0.6) is 0 Å². The van der Waals surface area contributed by atoms with E-state index in [0.29, 0.717) is 26.7 Å². The smallest absolute Gasteiger partial charge is 0.342 e. The number of hydrogen-bond donors (Lipinski definition) is 0. The Bertz CT molecular complexity index is 932. The first-order valence-electron chi connectivity index (χ1n) is 7.54. The molecular formula is C17H13Cl2FN2O2S. The molecule has 0 bridgehead atoms.